The molecule has 0 rings (SSSR count). The van der Waals surface area contributed by atoms with Crippen molar-refractivity contribution >= 4 is 5.97 Å². The maximum Gasteiger partial charge on any atom is 0.320 e. The van der Waals surface area contributed by atoms with Gasteiger partial charge in [0.15, 0.2) is 0 Å². The average Bonchev–Trinajstić information content (AvgIpc) is 1.88. The summed E-state index contributed by atoms with van der Waals surface area (Å²) < 4.78 is 0. The Labute approximate surface area is 76.6 Å². The number of carboxylic acids is 1. The third-order valence-electron chi connectivity index (χ3n) is 1.29. The first-order valence-electron chi connectivity index (χ1n) is 3.37. The molecule has 0 aromatic heterocycles. The zero-order valence-electron chi connectivity index (χ0n) is 7.42. The van der Waals surface area contributed by atoms with Crippen molar-refractivity contribution in [3.63, 3.8) is 0 Å². The molecule has 0 aliphatic carbocycles. The highest BCUT2D eigenvalue weighted by Gasteiger charge is 2.09. The number of unbranched alkanes of at least 4 members (excludes halogenated alkanes) is 1. The van der Waals surface area contributed by atoms with Gasteiger partial charge in [-0.2, -0.15) is 0 Å². The van der Waals surface area contributed by atoms with Crippen molar-refractivity contribution in [2.75, 3.05) is 6.54 Å². The molecule has 0 aliphatic rings. The fourth-order valence-electron chi connectivity index (χ4n) is 0.632. The van der Waals surface area contributed by atoms with Gasteiger partial charge in [-0.05, 0) is 19.4 Å². The first-order chi connectivity index (χ1) is 4.68. The molecular formula is C6H20N2O5. The van der Waals surface area contributed by atoms with Gasteiger partial charge in [0.1, 0.15) is 6.04 Å². The largest absolute Gasteiger partial charge is 0.480 e. The molecule has 0 spiro atoms. The van der Waals surface area contributed by atoms with E-state index in [1.54, 1.807) is 0 Å². The Bertz CT molecular complexity index is 111. The van der Waals surface area contributed by atoms with Gasteiger partial charge >= 0.3 is 5.97 Å². The Morgan fingerprint density at radius 3 is 2.00 bits per heavy atom. The normalized spacial score (nSPS) is 10.0. The highest BCUT2D eigenvalue weighted by molar-refractivity contribution is 5.72. The highest BCUT2D eigenvalue weighted by Crippen LogP contribution is 1.96. The number of hydrogen-bond donors (Lipinski definition) is 3. The summed E-state index contributed by atoms with van der Waals surface area (Å²) in [6.45, 7) is 0.604. The molecule has 1 atom stereocenters. The van der Waals surface area contributed by atoms with Gasteiger partial charge in [-0.1, -0.05) is 6.42 Å². The highest BCUT2D eigenvalue weighted by atomic mass is 16.4. The van der Waals surface area contributed by atoms with Gasteiger partial charge in [0, 0.05) is 0 Å². The molecule has 11 N–H and O–H groups in total. The quantitative estimate of drug-likeness (QED) is 0.401. The number of hydrogen-bond acceptors (Lipinski definition) is 3. The molecule has 0 aliphatic heterocycles. The van der Waals surface area contributed by atoms with E-state index in [4.69, 9.17) is 16.6 Å². The fourth-order valence-corrected chi connectivity index (χ4v) is 0.632. The first-order valence-corrected chi connectivity index (χ1v) is 3.37. The molecule has 0 unspecified atom stereocenters. The molecule has 0 fully saturated rings. The number of carbonyl (C=O) groups is 1. The third kappa shape index (κ3) is 14.2. The summed E-state index contributed by atoms with van der Waals surface area (Å²) in [5, 5.41) is 8.33. The number of aliphatic carboxylic acids is 1. The van der Waals surface area contributed by atoms with Crippen LogP contribution >= 0.6 is 0 Å². The molecule has 84 valence electrons. The van der Waals surface area contributed by atoms with E-state index in [0.29, 0.717) is 13.0 Å². The third-order valence-corrected chi connectivity index (χ3v) is 1.29. The Balaban J connectivity index is -0.000000135. The van der Waals surface area contributed by atoms with E-state index in [2.05, 4.69) is 0 Å². The smallest absolute Gasteiger partial charge is 0.320 e. The molecule has 0 heterocycles. The van der Waals surface area contributed by atoms with Crippen LogP contribution in [0, 0.1) is 0 Å². The van der Waals surface area contributed by atoms with E-state index in [9.17, 15) is 4.79 Å². The van der Waals surface area contributed by atoms with Gasteiger partial charge in [0.25, 0.3) is 0 Å². The van der Waals surface area contributed by atoms with Gasteiger partial charge in [-0.15, -0.1) is 0 Å². The van der Waals surface area contributed by atoms with Crippen LogP contribution in [0.25, 0.3) is 0 Å². The van der Waals surface area contributed by atoms with E-state index < -0.39 is 12.0 Å². The van der Waals surface area contributed by atoms with Gasteiger partial charge in [0.2, 0.25) is 0 Å². The lowest BCUT2D eigenvalue weighted by Gasteiger charge is -2.03. The molecule has 0 saturated carbocycles. The Hall–Kier alpha value is -0.730. The summed E-state index contributed by atoms with van der Waals surface area (Å²) in [6, 6.07) is -0.716. The van der Waals surface area contributed by atoms with Crippen LogP contribution in [-0.2, 0) is 4.79 Å². The van der Waals surface area contributed by atoms with Crippen molar-refractivity contribution in [1.29, 1.82) is 0 Å². The molecule has 0 bridgehead atoms. The maximum atomic E-state index is 10.1. The molecule has 0 aromatic carbocycles. The summed E-state index contributed by atoms with van der Waals surface area (Å²) in [5.41, 5.74) is 10.4. The van der Waals surface area contributed by atoms with E-state index in [1.165, 1.54) is 0 Å². The van der Waals surface area contributed by atoms with Crippen LogP contribution in [0.1, 0.15) is 19.3 Å². The van der Waals surface area contributed by atoms with Crippen molar-refractivity contribution in [3.05, 3.63) is 0 Å². The van der Waals surface area contributed by atoms with Crippen LogP contribution in [0.3, 0.4) is 0 Å². The zero-order valence-corrected chi connectivity index (χ0v) is 7.42. The maximum absolute atomic E-state index is 10.1. The Kier molecular flexibility index (Phi) is 24.2. The van der Waals surface area contributed by atoms with Crippen LogP contribution in [0.2, 0.25) is 0 Å². The predicted octanol–water partition coefficient (Wildman–Crippen LogP) is -2.95. The van der Waals surface area contributed by atoms with E-state index in [1.807, 2.05) is 0 Å². The lowest BCUT2D eigenvalue weighted by molar-refractivity contribution is -0.138. The van der Waals surface area contributed by atoms with E-state index in [0.717, 1.165) is 12.8 Å². The lowest BCUT2D eigenvalue weighted by atomic mass is 10.1. The monoisotopic (exact) mass is 200 g/mol. The fraction of sp³-hybridized carbons (Fsp3) is 0.833. The standard InChI is InChI=1S/C6H14N2O2.3H2O/c7-4-2-1-3-5(8)6(9)10;;;/h5H,1-4,7-8H2,(H,9,10);3*1H2/t5-;;;/m0.../s1. The average molecular weight is 200 g/mol. The minimum Gasteiger partial charge on any atom is -0.480 e. The molecule has 13 heavy (non-hydrogen) atoms. The summed E-state index contributed by atoms with van der Waals surface area (Å²) in [6.07, 6.45) is 2.16. The topological polar surface area (TPSA) is 184 Å². The van der Waals surface area contributed by atoms with Crippen LogP contribution in [-0.4, -0.2) is 40.1 Å². The van der Waals surface area contributed by atoms with Crippen LogP contribution < -0.4 is 11.5 Å². The molecule has 7 nitrogen and oxygen atoms in total. The van der Waals surface area contributed by atoms with Gasteiger partial charge in [-0.3, -0.25) is 4.79 Å². The van der Waals surface area contributed by atoms with Crippen LogP contribution in [0.15, 0.2) is 0 Å². The number of carboxylic acid groups (broad SMARTS) is 1. The zero-order chi connectivity index (χ0) is 7.98. The van der Waals surface area contributed by atoms with Crippen LogP contribution in [0.5, 0.6) is 0 Å². The summed E-state index contributed by atoms with van der Waals surface area (Å²) in [4.78, 5) is 10.1. The summed E-state index contributed by atoms with van der Waals surface area (Å²) in [5.74, 6) is -0.933. The minimum absolute atomic E-state index is 0. The van der Waals surface area contributed by atoms with Crippen molar-refractivity contribution in [2.24, 2.45) is 11.5 Å². The van der Waals surface area contributed by atoms with Gasteiger partial charge < -0.3 is 33.0 Å². The van der Waals surface area contributed by atoms with Crippen LogP contribution in [0.4, 0.5) is 0 Å². The summed E-state index contributed by atoms with van der Waals surface area (Å²) >= 11 is 0. The second kappa shape index (κ2) is 13.8. The second-order valence-electron chi connectivity index (χ2n) is 2.23. The number of nitrogens with two attached hydrogens (primary N) is 2. The van der Waals surface area contributed by atoms with Crippen molar-refractivity contribution in [1.82, 2.24) is 0 Å². The molecule has 7 heteroatoms. The van der Waals surface area contributed by atoms with Gasteiger partial charge in [0.05, 0.1) is 0 Å². The lowest BCUT2D eigenvalue weighted by Crippen LogP contribution is -2.29. The minimum atomic E-state index is -0.933. The second-order valence-corrected chi connectivity index (χ2v) is 2.23. The van der Waals surface area contributed by atoms with Crippen molar-refractivity contribution in [3.8, 4) is 0 Å². The molecule has 0 saturated heterocycles. The Morgan fingerprint density at radius 2 is 1.69 bits per heavy atom. The van der Waals surface area contributed by atoms with Gasteiger partial charge in [-0.25, -0.2) is 0 Å². The molecular weight excluding hydrogens is 180 g/mol. The molecule has 0 radical (unpaired) electrons. The first kappa shape index (κ1) is 22.8. The van der Waals surface area contributed by atoms with E-state index >= 15 is 0 Å². The molecule has 0 amide bonds. The Morgan fingerprint density at radius 1 is 1.23 bits per heavy atom. The molecule has 0 aromatic rings. The predicted molar refractivity (Wildman–Crippen MR) is 49.4 cm³/mol. The SMILES string of the molecule is NCCCC[C@H](N)C(=O)O.O.O.O. The van der Waals surface area contributed by atoms with E-state index in [-0.39, 0.29) is 16.4 Å². The summed E-state index contributed by atoms with van der Waals surface area (Å²) in [7, 11) is 0. The number of rotatable bonds is 5. The van der Waals surface area contributed by atoms with Crippen molar-refractivity contribution in [2.45, 2.75) is 25.3 Å². The van der Waals surface area contributed by atoms with Crippen molar-refractivity contribution < 1.29 is 26.3 Å².